The summed E-state index contributed by atoms with van der Waals surface area (Å²) in [6.45, 7) is 3.93. The zero-order valence-corrected chi connectivity index (χ0v) is 19.2. The molecule has 166 valence electrons. The van der Waals surface area contributed by atoms with Crippen molar-refractivity contribution < 1.29 is 13.9 Å². The first kappa shape index (κ1) is 22.2. The molecule has 0 atom stereocenters. The molecule has 0 fully saturated rings. The van der Waals surface area contributed by atoms with Gasteiger partial charge >= 0.3 is 5.63 Å². The zero-order chi connectivity index (χ0) is 23.5. The molecule has 4 rings (SSSR count). The molecule has 4 aromatic rings. The van der Waals surface area contributed by atoms with Gasteiger partial charge in [0.1, 0.15) is 11.3 Å². The second-order valence-electron chi connectivity index (χ2n) is 7.61. The molecule has 0 spiro atoms. The molecule has 0 bridgehead atoms. The molecule has 2 N–H and O–H groups in total. The van der Waals surface area contributed by atoms with Gasteiger partial charge in [-0.15, -0.1) is 0 Å². The molecule has 33 heavy (non-hydrogen) atoms. The Kier molecular flexibility index (Phi) is 6.24. The van der Waals surface area contributed by atoms with Crippen LogP contribution in [0.4, 0.5) is 5.69 Å². The van der Waals surface area contributed by atoms with Gasteiger partial charge in [-0.2, -0.15) is 0 Å². The van der Waals surface area contributed by atoms with Crippen molar-refractivity contribution in [1.29, 1.82) is 0 Å². The highest BCUT2D eigenvalue weighted by atomic mass is 32.1. The number of benzene rings is 3. The van der Waals surface area contributed by atoms with Crippen LogP contribution in [0.2, 0.25) is 0 Å². The van der Waals surface area contributed by atoms with Crippen LogP contribution in [0.5, 0.6) is 5.75 Å². The Morgan fingerprint density at radius 1 is 0.970 bits per heavy atom. The summed E-state index contributed by atoms with van der Waals surface area (Å²) in [5.74, 6) is 0.188. The fourth-order valence-electron chi connectivity index (χ4n) is 3.45. The third-order valence-electron chi connectivity index (χ3n) is 5.40. The van der Waals surface area contributed by atoms with E-state index in [0.29, 0.717) is 33.7 Å². The number of nitrogens with one attached hydrogen (secondary N) is 2. The quantitative estimate of drug-likeness (QED) is 0.323. The first-order valence-electron chi connectivity index (χ1n) is 10.3. The zero-order valence-electron chi connectivity index (χ0n) is 18.4. The van der Waals surface area contributed by atoms with Crippen LogP contribution in [0.15, 0.2) is 75.9 Å². The highest BCUT2D eigenvalue weighted by molar-refractivity contribution is 7.80. The summed E-state index contributed by atoms with van der Waals surface area (Å²) >= 11 is 5.35. The van der Waals surface area contributed by atoms with E-state index in [4.69, 9.17) is 21.4 Å². The van der Waals surface area contributed by atoms with Gasteiger partial charge in [0.05, 0.1) is 18.4 Å². The molecular formula is C26H22N2O4S. The van der Waals surface area contributed by atoms with Gasteiger partial charge < -0.3 is 14.5 Å². The normalized spacial score (nSPS) is 10.6. The van der Waals surface area contributed by atoms with Crippen LogP contribution in [0, 0.1) is 13.8 Å². The van der Waals surface area contributed by atoms with E-state index in [-0.39, 0.29) is 11.0 Å². The van der Waals surface area contributed by atoms with E-state index in [1.54, 1.807) is 36.4 Å². The lowest BCUT2D eigenvalue weighted by molar-refractivity contribution is 0.0977. The van der Waals surface area contributed by atoms with Crippen LogP contribution >= 0.6 is 12.2 Å². The largest absolute Gasteiger partial charge is 0.495 e. The van der Waals surface area contributed by atoms with E-state index >= 15 is 0 Å². The molecule has 1 heterocycles. The number of fused-ring (bicyclic) bond motifs is 1. The lowest BCUT2D eigenvalue weighted by Crippen LogP contribution is -2.34. The maximum absolute atomic E-state index is 12.6. The number of aryl methyl sites for hydroxylation is 2. The number of ether oxygens (including phenoxy) is 1. The summed E-state index contributed by atoms with van der Waals surface area (Å²) in [6, 6.07) is 19.8. The minimum atomic E-state index is -0.449. The predicted octanol–water partition coefficient (Wildman–Crippen LogP) is 5.21. The molecule has 0 aliphatic rings. The standard InChI is InChI=1S/C26H22N2O4S/c1-15-8-9-19(12-16(15)2)24(29)28-26(33)27-21-14-17(10-11-23(21)31-3)20-13-18-6-4-5-7-22(18)32-25(20)30/h4-14H,1-3H3,(H2,27,28,29,33). The van der Waals surface area contributed by atoms with Crippen molar-refractivity contribution in [3.05, 3.63) is 93.8 Å². The molecule has 0 aliphatic carbocycles. The van der Waals surface area contributed by atoms with Crippen molar-refractivity contribution in [2.45, 2.75) is 13.8 Å². The fourth-order valence-corrected chi connectivity index (χ4v) is 3.65. The van der Waals surface area contributed by atoms with Gasteiger partial charge in [0, 0.05) is 10.9 Å². The van der Waals surface area contributed by atoms with Gasteiger partial charge in [0.15, 0.2) is 5.11 Å². The number of anilines is 1. The number of rotatable bonds is 4. The van der Waals surface area contributed by atoms with E-state index in [9.17, 15) is 9.59 Å². The van der Waals surface area contributed by atoms with Crippen LogP contribution in [0.1, 0.15) is 21.5 Å². The number of amides is 1. The van der Waals surface area contributed by atoms with Gasteiger partial charge in [-0.25, -0.2) is 4.79 Å². The number of hydrogen-bond acceptors (Lipinski definition) is 5. The first-order valence-corrected chi connectivity index (χ1v) is 10.7. The topological polar surface area (TPSA) is 80.6 Å². The van der Waals surface area contributed by atoms with Crippen molar-refractivity contribution in [3.8, 4) is 16.9 Å². The maximum atomic E-state index is 12.6. The Morgan fingerprint density at radius 2 is 1.76 bits per heavy atom. The van der Waals surface area contributed by atoms with Crippen molar-refractivity contribution in [2.24, 2.45) is 0 Å². The van der Waals surface area contributed by atoms with Crippen LogP contribution in [-0.2, 0) is 0 Å². The molecule has 0 aliphatic heterocycles. The van der Waals surface area contributed by atoms with Crippen LogP contribution in [-0.4, -0.2) is 18.1 Å². The van der Waals surface area contributed by atoms with Crippen molar-refractivity contribution >= 4 is 39.9 Å². The van der Waals surface area contributed by atoms with Gasteiger partial charge in [-0.05, 0) is 79.2 Å². The lowest BCUT2D eigenvalue weighted by atomic mass is 10.0. The molecule has 1 aromatic heterocycles. The minimum Gasteiger partial charge on any atom is -0.495 e. The predicted molar refractivity (Wildman–Crippen MR) is 134 cm³/mol. The van der Waals surface area contributed by atoms with Gasteiger partial charge in [0.2, 0.25) is 0 Å². The summed E-state index contributed by atoms with van der Waals surface area (Å²) in [6.07, 6.45) is 0. The number of carbonyl (C=O) groups excluding carboxylic acids is 1. The molecule has 6 nitrogen and oxygen atoms in total. The second-order valence-corrected chi connectivity index (χ2v) is 8.02. The summed E-state index contributed by atoms with van der Waals surface area (Å²) in [7, 11) is 1.53. The molecule has 0 unspecified atom stereocenters. The number of carbonyl (C=O) groups is 1. The third-order valence-corrected chi connectivity index (χ3v) is 5.60. The van der Waals surface area contributed by atoms with Crippen LogP contribution in [0.25, 0.3) is 22.1 Å². The summed E-state index contributed by atoms with van der Waals surface area (Å²) < 4.78 is 10.9. The van der Waals surface area contributed by atoms with E-state index in [1.165, 1.54) is 7.11 Å². The Bertz CT molecular complexity index is 1440. The Morgan fingerprint density at radius 3 is 2.52 bits per heavy atom. The highest BCUT2D eigenvalue weighted by Crippen LogP contribution is 2.30. The number of hydrogen-bond donors (Lipinski definition) is 2. The van der Waals surface area contributed by atoms with Gasteiger partial charge in [-0.1, -0.05) is 30.3 Å². The van der Waals surface area contributed by atoms with E-state index < -0.39 is 5.63 Å². The minimum absolute atomic E-state index is 0.110. The SMILES string of the molecule is COc1ccc(-c2cc3ccccc3oc2=O)cc1NC(=S)NC(=O)c1ccc(C)c(C)c1. The molecule has 0 saturated heterocycles. The molecule has 0 saturated carbocycles. The van der Waals surface area contributed by atoms with Crippen molar-refractivity contribution in [3.63, 3.8) is 0 Å². The van der Waals surface area contributed by atoms with Crippen molar-refractivity contribution in [2.75, 3.05) is 12.4 Å². The Hall–Kier alpha value is -3.97. The molecule has 0 radical (unpaired) electrons. The average Bonchev–Trinajstić information content (AvgIpc) is 2.80. The number of thiocarbonyl (C=S) groups is 1. The van der Waals surface area contributed by atoms with E-state index in [2.05, 4.69) is 10.6 Å². The van der Waals surface area contributed by atoms with Crippen LogP contribution in [0.3, 0.4) is 0 Å². The smallest absolute Gasteiger partial charge is 0.344 e. The molecule has 1 amide bonds. The van der Waals surface area contributed by atoms with E-state index in [0.717, 1.165) is 16.5 Å². The summed E-state index contributed by atoms with van der Waals surface area (Å²) in [4.78, 5) is 25.2. The van der Waals surface area contributed by atoms with Crippen LogP contribution < -0.4 is 21.0 Å². The average molecular weight is 459 g/mol. The first-order chi connectivity index (χ1) is 15.9. The maximum Gasteiger partial charge on any atom is 0.344 e. The number of methoxy groups -OCH3 is 1. The Balaban J connectivity index is 1.60. The molecule has 3 aromatic carbocycles. The highest BCUT2D eigenvalue weighted by Gasteiger charge is 2.14. The number of para-hydroxylation sites is 1. The Labute approximate surface area is 196 Å². The summed E-state index contributed by atoms with van der Waals surface area (Å²) in [5, 5.41) is 6.60. The lowest BCUT2D eigenvalue weighted by Gasteiger charge is -2.14. The van der Waals surface area contributed by atoms with E-state index in [1.807, 2.05) is 44.2 Å². The second kappa shape index (κ2) is 9.26. The molecule has 7 heteroatoms. The van der Waals surface area contributed by atoms with Crippen molar-refractivity contribution in [1.82, 2.24) is 5.32 Å². The van der Waals surface area contributed by atoms with Gasteiger partial charge in [-0.3, -0.25) is 10.1 Å². The molecular weight excluding hydrogens is 436 g/mol. The summed E-state index contributed by atoms with van der Waals surface area (Å²) in [5.41, 5.74) is 4.25. The third kappa shape index (κ3) is 4.78. The monoisotopic (exact) mass is 458 g/mol. The fraction of sp³-hybridized carbons (Fsp3) is 0.115. The van der Waals surface area contributed by atoms with Gasteiger partial charge in [0.25, 0.3) is 5.91 Å².